The number of hydrogen-bond acceptors (Lipinski definition) is 1. The van der Waals surface area contributed by atoms with Crippen LogP contribution < -0.4 is 5.32 Å². The van der Waals surface area contributed by atoms with Crippen LogP contribution in [0.3, 0.4) is 0 Å². The van der Waals surface area contributed by atoms with Crippen molar-refractivity contribution in [3.63, 3.8) is 0 Å². The van der Waals surface area contributed by atoms with Gasteiger partial charge < -0.3 is 9.88 Å². The van der Waals surface area contributed by atoms with Crippen LogP contribution in [0.5, 0.6) is 0 Å². The van der Waals surface area contributed by atoms with Gasteiger partial charge >= 0.3 is 0 Å². The third kappa shape index (κ3) is 7.15. The molecule has 0 saturated carbocycles. The van der Waals surface area contributed by atoms with Crippen molar-refractivity contribution >= 4 is 39.1 Å². The second kappa shape index (κ2) is 16.8. The van der Waals surface area contributed by atoms with E-state index in [4.69, 9.17) is 0 Å². The van der Waals surface area contributed by atoms with Crippen LogP contribution in [0, 0.1) is 0 Å². The predicted molar refractivity (Wildman–Crippen MR) is 283 cm³/mol. The number of aromatic nitrogens is 1. The monoisotopic (exact) mass is 856 g/mol. The van der Waals surface area contributed by atoms with Gasteiger partial charge in [-0.3, -0.25) is 0 Å². The van der Waals surface area contributed by atoms with Gasteiger partial charge in [-0.1, -0.05) is 212 Å². The van der Waals surface area contributed by atoms with Gasteiger partial charge in [-0.25, -0.2) is 0 Å². The van der Waals surface area contributed by atoms with E-state index >= 15 is 0 Å². The van der Waals surface area contributed by atoms with Crippen LogP contribution >= 0.6 is 0 Å². The van der Waals surface area contributed by atoms with E-state index in [9.17, 15) is 0 Å². The van der Waals surface area contributed by atoms with Crippen molar-refractivity contribution in [3.8, 4) is 50.2 Å². The predicted octanol–water partition coefficient (Wildman–Crippen LogP) is 17.3. The van der Waals surface area contributed by atoms with Gasteiger partial charge in [0.15, 0.2) is 0 Å². The van der Waals surface area contributed by atoms with Gasteiger partial charge in [0.2, 0.25) is 0 Å². The minimum Gasteiger partial charge on any atom is -0.355 e. The molecule has 1 aliphatic rings. The Morgan fingerprint density at radius 3 is 1.82 bits per heavy atom. The standard InChI is InChI=1S/C65H48N2/c1-65(61-30-15-13-28-56(61)48-21-7-3-8-22-48)60(49-23-9-4-10-24-49)40-39-58-59-44-52(35-41-63(59)67(64(58)65)55-38-34-46-20-11-12-25-51(46)43-55)50-26-17-27-53(42-50)57-29-14-16-31-62(57)66-54-36-32-47(33-37-54)45-18-5-2-6-19-45/h2-44,60,66H,1H3. The van der Waals surface area contributed by atoms with Crippen LogP contribution in [-0.2, 0) is 5.41 Å². The van der Waals surface area contributed by atoms with Gasteiger partial charge in [-0.15, -0.1) is 0 Å². The third-order valence-corrected chi connectivity index (χ3v) is 14.0. The maximum absolute atomic E-state index is 3.74. The minimum absolute atomic E-state index is 0.0567. The van der Waals surface area contributed by atoms with Crippen molar-refractivity contribution in [2.45, 2.75) is 18.3 Å². The summed E-state index contributed by atoms with van der Waals surface area (Å²) in [6, 6.07) is 90.7. The lowest BCUT2D eigenvalue weighted by atomic mass is 9.62. The molecule has 318 valence electrons. The van der Waals surface area contributed by atoms with E-state index in [0.717, 1.165) is 28.2 Å². The lowest BCUT2D eigenvalue weighted by molar-refractivity contribution is 0.485. The molecular formula is C65H48N2. The average Bonchev–Trinajstić information content (AvgIpc) is 3.74. The van der Waals surface area contributed by atoms with E-state index < -0.39 is 5.41 Å². The first-order valence-corrected chi connectivity index (χ1v) is 23.3. The van der Waals surface area contributed by atoms with Crippen molar-refractivity contribution in [3.05, 3.63) is 277 Å². The quantitative estimate of drug-likeness (QED) is 0.153. The molecule has 0 fully saturated rings. The Balaban J connectivity index is 1.02. The van der Waals surface area contributed by atoms with Gasteiger partial charge in [0.05, 0.1) is 5.52 Å². The highest BCUT2D eigenvalue weighted by Gasteiger charge is 2.45. The lowest BCUT2D eigenvalue weighted by Crippen LogP contribution is -2.36. The molecule has 1 aliphatic carbocycles. The summed E-state index contributed by atoms with van der Waals surface area (Å²) in [6.45, 7) is 2.48. The summed E-state index contributed by atoms with van der Waals surface area (Å²) in [6.07, 6.45) is 4.88. The maximum atomic E-state index is 3.74. The molecule has 1 heterocycles. The fourth-order valence-corrected chi connectivity index (χ4v) is 10.7. The Hall–Kier alpha value is -8.46. The molecule has 11 aromatic rings. The molecular weight excluding hydrogens is 809 g/mol. The molecule has 0 saturated heterocycles. The van der Waals surface area contributed by atoms with Gasteiger partial charge in [-0.05, 0) is 116 Å². The van der Waals surface area contributed by atoms with E-state index in [1.54, 1.807) is 0 Å². The average molecular weight is 857 g/mol. The fraction of sp³-hybridized carbons (Fsp3) is 0.0462. The zero-order valence-electron chi connectivity index (χ0n) is 37.4. The number of allylic oxidation sites excluding steroid dienone is 1. The number of hydrogen-bond donors (Lipinski definition) is 1. The molecule has 0 radical (unpaired) electrons. The summed E-state index contributed by atoms with van der Waals surface area (Å²) in [4.78, 5) is 0. The molecule has 10 aromatic carbocycles. The fourth-order valence-electron chi connectivity index (χ4n) is 10.7. The second-order valence-corrected chi connectivity index (χ2v) is 17.9. The summed E-state index contributed by atoms with van der Waals surface area (Å²) in [5.41, 5.74) is 18.7. The number of fused-ring (bicyclic) bond motifs is 4. The molecule has 2 atom stereocenters. The Morgan fingerprint density at radius 1 is 0.433 bits per heavy atom. The highest BCUT2D eigenvalue weighted by Crippen LogP contribution is 2.55. The molecule has 0 aliphatic heterocycles. The Morgan fingerprint density at radius 2 is 1.03 bits per heavy atom. The maximum Gasteiger partial charge on any atom is 0.0538 e. The number of rotatable bonds is 9. The van der Waals surface area contributed by atoms with Crippen molar-refractivity contribution in [2.24, 2.45) is 0 Å². The van der Waals surface area contributed by atoms with Crippen molar-refractivity contribution < 1.29 is 0 Å². The molecule has 2 heteroatoms. The molecule has 2 nitrogen and oxygen atoms in total. The summed E-state index contributed by atoms with van der Waals surface area (Å²) >= 11 is 0. The third-order valence-electron chi connectivity index (χ3n) is 14.0. The van der Waals surface area contributed by atoms with Crippen LogP contribution in [0.4, 0.5) is 11.4 Å². The highest BCUT2D eigenvalue weighted by atomic mass is 15.0. The molecule has 1 aromatic heterocycles. The van der Waals surface area contributed by atoms with Crippen LogP contribution in [0.2, 0.25) is 0 Å². The van der Waals surface area contributed by atoms with Gasteiger partial charge in [0, 0.05) is 50.6 Å². The normalized spacial score (nSPS) is 15.4. The first-order valence-electron chi connectivity index (χ1n) is 23.3. The van der Waals surface area contributed by atoms with E-state index in [0.29, 0.717) is 0 Å². The molecule has 12 rings (SSSR count). The number of nitrogens with zero attached hydrogens (tertiary/aromatic N) is 1. The summed E-state index contributed by atoms with van der Waals surface area (Å²) < 4.78 is 2.58. The van der Waals surface area contributed by atoms with Gasteiger partial charge in [0.25, 0.3) is 0 Å². The Labute approximate surface area is 392 Å². The van der Waals surface area contributed by atoms with E-state index in [1.165, 1.54) is 77.4 Å². The molecule has 67 heavy (non-hydrogen) atoms. The number of anilines is 2. The number of benzene rings is 10. The van der Waals surface area contributed by atoms with Crippen molar-refractivity contribution in [1.29, 1.82) is 0 Å². The van der Waals surface area contributed by atoms with Crippen LogP contribution in [0.1, 0.15) is 35.2 Å². The SMILES string of the molecule is CC1(c2ccccc2-c2ccccc2)c2c(c3cc(-c4cccc(-c5ccccc5Nc5ccc(-c6ccccc6)cc5)c4)ccc3n2-c2ccc3ccccc3c2)C=CC1c1ccccc1. The number of para-hydroxylation sites is 1. The molecule has 0 amide bonds. The number of nitrogens with one attached hydrogen (secondary N) is 1. The van der Waals surface area contributed by atoms with Crippen LogP contribution in [-0.4, -0.2) is 4.57 Å². The second-order valence-electron chi connectivity index (χ2n) is 17.9. The van der Waals surface area contributed by atoms with Crippen molar-refractivity contribution in [1.82, 2.24) is 4.57 Å². The van der Waals surface area contributed by atoms with E-state index in [1.807, 2.05) is 0 Å². The first-order chi connectivity index (χ1) is 33.1. The largest absolute Gasteiger partial charge is 0.355 e. The van der Waals surface area contributed by atoms with Crippen LogP contribution in [0.25, 0.3) is 77.9 Å². The topological polar surface area (TPSA) is 17.0 Å². The zero-order chi connectivity index (χ0) is 44.7. The van der Waals surface area contributed by atoms with Gasteiger partial charge in [0.1, 0.15) is 0 Å². The van der Waals surface area contributed by atoms with Crippen molar-refractivity contribution in [2.75, 3.05) is 5.32 Å². The summed E-state index contributed by atoms with van der Waals surface area (Å²) in [5, 5.41) is 7.43. The zero-order valence-corrected chi connectivity index (χ0v) is 37.4. The van der Waals surface area contributed by atoms with Gasteiger partial charge in [-0.2, -0.15) is 0 Å². The van der Waals surface area contributed by atoms with E-state index in [-0.39, 0.29) is 5.92 Å². The molecule has 0 spiro atoms. The highest BCUT2D eigenvalue weighted by molar-refractivity contribution is 5.99. The lowest BCUT2D eigenvalue weighted by Gasteiger charge is -2.42. The Bertz CT molecular complexity index is 3600. The smallest absolute Gasteiger partial charge is 0.0538 e. The summed E-state index contributed by atoms with van der Waals surface area (Å²) in [7, 11) is 0. The minimum atomic E-state index is -0.485. The molecule has 0 bridgehead atoms. The summed E-state index contributed by atoms with van der Waals surface area (Å²) in [5.74, 6) is 0.0567. The molecule has 2 unspecified atom stereocenters. The van der Waals surface area contributed by atoms with E-state index in [2.05, 4.69) is 278 Å². The molecule has 1 N–H and O–H groups in total. The van der Waals surface area contributed by atoms with Crippen LogP contribution in [0.15, 0.2) is 255 Å². The first kappa shape index (κ1) is 40.1. The Kier molecular flexibility index (Phi) is 10.1.